The SMILES string of the molecule is N#Cc1ccc(-c2ccc(S(=O)(=O)O)cn2)cc1. The molecule has 0 radical (unpaired) electrons. The fourth-order valence-corrected chi connectivity index (χ4v) is 1.85. The molecule has 0 saturated heterocycles. The number of hydrogen-bond donors (Lipinski definition) is 1. The summed E-state index contributed by atoms with van der Waals surface area (Å²) in [6.45, 7) is 0. The summed E-state index contributed by atoms with van der Waals surface area (Å²) >= 11 is 0. The van der Waals surface area contributed by atoms with Crippen molar-refractivity contribution in [1.29, 1.82) is 5.26 Å². The number of benzene rings is 1. The standard InChI is InChI=1S/C12H8N2O3S/c13-7-9-1-3-10(4-2-9)12-6-5-11(8-14-12)18(15,16)17/h1-6,8H,(H,15,16,17). The van der Waals surface area contributed by atoms with Gasteiger partial charge >= 0.3 is 0 Å². The molecule has 90 valence electrons. The quantitative estimate of drug-likeness (QED) is 0.832. The number of nitrogens with zero attached hydrogens (tertiary/aromatic N) is 2. The van der Waals surface area contributed by atoms with Crippen LogP contribution in [0.2, 0.25) is 0 Å². The lowest BCUT2D eigenvalue weighted by molar-refractivity contribution is 0.483. The van der Waals surface area contributed by atoms with E-state index in [0.717, 1.165) is 11.8 Å². The van der Waals surface area contributed by atoms with E-state index in [2.05, 4.69) is 4.98 Å². The van der Waals surface area contributed by atoms with Crippen LogP contribution in [0.5, 0.6) is 0 Å². The zero-order valence-electron chi connectivity index (χ0n) is 9.11. The van der Waals surface area contributed by atoms with Gasteiger partial charge in [0.25, 0.3) is 10.1 Å². The van der Waals surface area contributed by atoms with Gasteiger partial charge in [-0.15, -0.1) is 0 Å². The zero-order valence-corrected chi connectivity index (χ0v) is 9.92. The van der Waals surface area contributed by atoms with E-state index in [1.807, 2.05) is 6.07 Å². The van der Waals surface area contributed by atoms with E-state index in [-0.39, 0.29) is 4.90 Å². The van der Waals surface area contributed by atoms with Gasteiger partial charge in [0.2, 0.25) is 0 Å². The molecular weight excluding hydrogens is 252 g/mol. The number of aromatic nitrogens is 1. The maximum atomic E-state index is 10.8. The minimum atomic E-state index is -4.22. The van der Waals surface area contributed by atoms with Gasteiger partial charge in [-0.1, -0.05) is 12.1 Å². The van der Waals surface area contributed by atoms with Gasteiger partial charge in [-0.3, -0.25) is 9.54 Å². The highest BCUT2D eigenvalue weighted by Crippen LogP contribution is 2.18. The third-order valence-electron chi connectivity index (χ3n) is 2.34. The summed E-state index contributed by atoms with van der Waals surface area (Å²) in [4.78, 5) is 3.70. The minimum Gasteiger partial charge on any atom is -0.282 e. The number of pyridine rings is 1. The Morgan fingerprint density at radius 2 is 1.78 bits per heavy atom. The van der Waals surface area contributed by atoms with Crippen LogP contribution in [0.4, 0.5) is 0 Å². The molecule has 1 aromatic carbocycles. The van der Waals surface area contributed by atoms with Gasteiger partial charge in [0.15, 0.2) is 0 Å². The molecule has 0 aliphatic heterocycles. The van der Waals surface area contributed by atoms with Gasteiger partial charge in [-0.25, -0.2) is 0 Å². The molecule has 0 aliphatic carbocycles. The molecule has 0 spiro atoms. The molecular formula is C12H8N2O3S. The first-order valence-corrected chi connectivity index (χ1v) is 6.39. The summed E-state index contributed by atoms with van der Waals surface area (Å²) in [6.07, 6.45) is 1.09. The fraction of sp³-hybridized carbons (Fsp3) is 0. The highest BCUT2D eigenvalue weighted by atomic mass is 32.2. The molecule has 1 N–H and O–H groups in total. The summed E-state index contributed by atoms with van der Waals surface area (Å²) in [5.74, 6) is 0. The van der Waals surface area contributed by atoms with Crippen molar-refractivity contribution < 1.29 is 13.0 Å². The summed E-state index contributed by atoms with van der Waals surface area (Å²) in [6, 6.07) is 11.5. The molecule has 0 unspecified atom stereocenters. The molecule has 2 aromatic rings. The van der Waals surface area contributed by atoms with Gasteiger partial charge in [0, 0.05) is 11.8 Å². The Labute approximate surface area is 104 Å². The normalized spacial score (nSPS) is 10.9. The molecule has 0 amide bonds. The van der Waals surface area contributed by atoms with Gasteiger partial charge in [0.1, 0.15) is 4.90 Å². The molecule has 1 aromatic heterocycles. The Morgan fingerprint density at radius 3 is 2.22 bits per heavy atom. The predicted molar refractivity (Wildman–Crippen MR) is 64.2 cm³/mol. The van der Waals surface area contributed by atoms with Crippen LogP contribution in [0.3, 0.4) is 0 Å². The van der Waals surface area contributed by atoms with Crippen molar-refractivity contribution in [2.24, 2.45) is 0 Å². The van der Waals surface area contributed by atoms with E-state index in [1.54, 1.807) is 24.3 Å². The first-order valence-electron chi connectivity index (χ1n) is 4.95. The molecule has 0 aliphatic rings. The van der Waals surface area contributed by atoms with E-state index in [1.165, 1.54) is 12.1 Å². The Balaban J connectivity index is 2.38. The third-order valence-corrected chi connectivity index (χ3v) is 3.18. The average Bonchev–Trinajstić information content (AvgIpc) is 2.38. The molecule has 6 heteroatoms. The topological polar surface area (TPSA) is 91.0 Å². The van der Waals surface area contributed by atoms with Crippen LogP contribution in [-0.2, 0) is 10.1 Å². The second-order valence-corrected chi connectivity index (χ2v) is 4.96. The number of nitriles is 1. The average molecular weight is 260 g/mol. The van der Waals surface area contributed by atoms with Crippen molar-refractivity contribution in [3.05, 3.63) is 48.2 Å². The number of rotatable bonds is 2. The lowest BCUT2D eigenvalue weighted by atomic mass is 10.1. The van der Waals surface area contributed by atoms with Crippen molar-refractivity contribution in [3.8, 4) is 17.3 Å². The van der Waals surface area contributed by atoms with E-state index in [0.29, 0.717) is 11.3 Å². The molecule has 1 heterocycles. The van der Waals surface area contributed by atoms with Crippen LogP contribution in [-0.4, -0.2) is 18.0 Å². The van der Waals surface area contributed by atoms with Crippen LogP contribution in [0.1, 0.15) is 5.56 Å². The van der Waals surface area contributed by atoms with Gasteiger partial charge in [0.05, 0.1) is 17.3 Å². The maximum Gasteiger partial charge on any atom is 0.296 e. The Kier molecular flexibility index (Phi) is 3.10. The van der Waals surface area contributed by atoms with Gasteiger partial charge < -0.3 is 0 Å². The number of hydrogen-bond acceptors (Lipinski definition) is 4. The Morgan fingerprint density at radius 1 is 1.11 bits per heavy atom. The summed E-state index contributed by atoms with van der Waals surface area (Å²) in [5, 5.41) is 8.66. The highest BCUT2D eigenvalue weighted by Gasteiger charge is 2.09. The lowest BCUT2D eigenvalue weighted by Crippen LogP contribution is -1.98. The monoisotopic (exact) mass is 260 g/mol. The lowest BCUT2D eigenvalue weighted by Gasteiger charge is -2.01. The largest absolute Gasteiger partial charge is 0.296 e. The highest BCUT2D eigenvalue weighted by molar-refractivity contribution is 7.85. The molecule has 0 bridgehead atoms. The summed E-state index contributed by atoms with van der Waals surface area (Å²) in [5.41, 5.74) is 1.86. The molecule has 18 heavy (non-hydrogen) atoms. The molecule has 0 saturated carbocycles. The summed E-state index contributed by atoms with van der Waals surface area (Å²) in [7, 11) is -4.22. The smallest absolute Gasteiger partial charge is 0.282 e. The Bertz CT molecular complexity index is 698. The first-order chi connectivity index (χ1) is 8.50. The van der Waals surface area contributed by atoms with Crippen LogP contribution in [0, 0.1) is 11.3 Å². The van der Waals surface area contributed by atoms with Crippen LogP contribution in [0.25, 0.3) is 11.3 Å². The molecule has 2 rings (SSSR count). The van der Waals surface area contributed by atoms with E-state index in [4.69, 9.17) is 9.81 Å². The third kappa shape index (κ3) is 2.53. The van der Waals surface area contributed by atoms with Gasteiger partial charge in [-0.2, -0.15) is 13.7 Å². The fourth-order valence-electron chi connectivity index (χ4n) is 1.42. The van der Waals surface area contributed by atoms with Crippen molar-refractivity contribution in [3.63, 3.8) is 0 Å². The maximum absolute atomic E-state index is 10.8. The molecule has 5 nitrogen and oxygen atoms in total. The minimum absolute atomic E-state index is 0.250. The van der Waals surface area contributed by atoms with Crippen molar-refractivity contribution >= 4 is 10.1 Å². The zero-order chi connectivity index (χ0) is 13.2. The van der Waals surface area contributed by atoms with Crippen LogP contribution < -0.4 is 0 Å². The van der Waals surface area contributed by atoms with Crippen molar-refractivity contribution in [1.82, 2.24) is 4.98 Å². The first kappa shape index (κ1) is 12.2. The van der Waals surface area contributed by atoms with E-state index < -0.39 is 10.1 Å². The molecule has 0 atom stereocenters. The van der Waals surface area contributed by atoms with Crippen LogP contribution in [0.15, 0.2) is 47.5 Å². The Hall–Kier alpha value is -2.23. The van der Waals surface area contributed by atoms with Crippen molar-refractivity contribution in [2.75, 3.05) is 0 Å². The summed E-state index contributed by atoms with van der Waals surface area (Å²) < 4.78 is 30.5. The van der Waals surface area contributed by atoms with Gasteiger partial charge in [-0.05, 0) is 24.3 Å². The second-order valence-electron chi connectivity index (χ2n) is 3.54. The van der Waals surface area contributed by atoms with Crippen LogP contribution >= 0.6 is 0 Å². The van der Waals surface area contributed by atoms with Crippen molar-refractivity contribution in [2.45, 2.75) is 4.90 Å². The van der Waals surface area contributed by atoms with E-state index in [9.17, 15) is 8.42 Å². The molecule has 0 fully saturated rings. The second kappa shape index (κ2) is 4.56. The predicted octanol–water partition coefficient (Wildman–Crippen LogP) is 1.87. The van der Waals surface area contributed by atoms with E-state index >= 15 is 0 Å².